The monoisotopic (exact) mass is 470 g/mol. The largest absolute Gasteiger partial charge is 0.497 e. The zero-order chi connectivity index (χ0) is 23.7. The predicted octanol–water partition coefficient (Wildman–Crippen LogP) is 5.61. The van der Waals surface area contributed by atoms with E-state index < -0.39 is 6.17 Å². The Labute approximate surface area is 201 Å². The van der Waals surface area contributed by atoms with Gasteiger partial charge in [-0.2, -0.15) is 0 Å². The number of ether oxygens (including phenoxy) is 1. The van der Waals surface area contributed by atoms with Crippen LogP contribution in [0, 0.1) is 0 Å². The Morgan fingerprint density at radius 2 is 1.74 bits per heavy atom. The van der Waals surface area contributed by atoms with Crippen molar-refractivity contribution in [2.45, 2.75) is 13.1 Å². The second-order valence-corrected chi connectivity index (χ2v) is 8.55. The van der Waals surface area contributed by atoms with Gasteiger partial charge in [-0.05, 0) is 48.5 Å². The second-order valence-electron chi connectivity index (χ2n) is 7.71. The van der Waals surface area contributed by atoms with Crippen LogP contribution in [0.25, 0.3) is 0 Å². The molecule has 1 aromatic heterocycles. The van der Waals surface area contributed by atoms with Crippen LogP contribution in [-0.2, 0) is 4.79 Å². The van der Waals surface area contributed by atoms with Crippen LogP contribution in [0.5, 0.6) is 5.75 Å². The average molecular weight is 471 g/mol. The molecule has 0 saturated carbocycles. The fourth-order valence-corrected chi connectivity index (χ4v) is 4.88. The van der Waals surface area contributed by atoms with Crippen LogP contribution in [0.15, 0.2) is 84.2 Å². The smallest absolute Gasteiger partial charge is 0.262 e. The first-order valence-corrected chi connectivity index (χ1v) is 11.6. The van der Waals surface area contributed by atoms with Crippen LogP contribution in [0.2, 0.25) is 0 Å². The highest BCUT2D eigenvalue weighted by atomic mass is 32.1. The number of amides is 2. The summed E-state index contributed by atoms with van der Waals surface area (Å²) >= 11 is 1.36. The molecule has 1 unspecified atom stereocenters. The number of nitrogens with one attached hydrogen (secondary N) is 1. The number of aromatic nitrogens is 1. The first-order valence-electron chi connectivity index (χ1n) is 10.7. The molecule has 3 aromatic carbocycles. The van der Waals surface area contributed by atoms with Gasteiger partial charge in [0.15, 0.2) is 11.3 Å². The number of carbonyl (C=O) groups excluding carboxylic acids is 2. The molecule has 0 radical (unpaired) electrons. The van der Waals surface area contributed by atoms with E-state index in [1.807, 2.05) is 78.2 Å². The lowest BCUT2D eigenvalue weighted by atomic mass is 10.1. The summed E-state index contributed by atoms with van der Waals surface area (Å²) in [6.07, 6.45) is -0.551. The highest BCUT2D eigenvalue weighted by Crippen LogP contribution is 2.39. The van der Waals surface area contributed by atoms with E-state index in [4.69, 9.17) is 9.72 Å². The first-order chi connectivity index (χ1) is 16.6. The summed E-state index contributed by atoms with van der Waals surface area (Å²) < 4.78 is 5.28. The number of hydrogen-bond donors (Lipinski definition) is 1. The van der Waals surface area contributed by atoms with Gasteiger partial charge in [0.1, 0.15) is 5.75 Å². The van der Waals surface area contributed by atoms with Gasteiger partial charge >= 0.3 is 0 Å². The third-order valence-electron chi connectivity index (χ3n) is 5.59. The number of benzene rings is 3. The van der Waals surface area contributed by atoms with E-state index in [9.17, 15) is 9.59 Å². The van der Waals surface area contributed by atoms with Crippen LogP contribution in [0.3, 0.4) is 0 Å². The molecular formula is C26H22N4O3S. The minimum Gasteiger partial charge on any atom is -0.497 e. The number of thiazole rings is 1. The number of rotatable bonds is 5. The van der Waals surface area contributed by atoms with Gasteiger partial charge in [-0.3, -0.25) is 19.4 Å². The Morgan fingerprint density at radius 3 is 2.44 bits per heavy atom. The molecule has 0 aliphatic carbocycles. The van der Waals surface area contributed by atoms with Crippen molar-refractivity contribution in [2.24, 2.45) is 0 Å². The summed E-state index contributed by atoms with van der Waals surface area (Å²) in [7, 11) is 1.60. The third kappa shape index (κ3) is 3.88. The Hall–Kier alpha value is -4.17. The summed E-state index contributed by atoms with van der Waals surface area (Å²) in [6.45, 7) is 1.51. The van der Waals surface area contributed by atoms with E-state index in [-0.39, 0.29) is 11.8 Å². The van der Waals surface area contributed by atoms with Gasteiger partial charge in [-0.25, -0.2) is 4.98 Å². The highest BCUT2D eigenvalue weighted by Gasteiger charge is 2.36. The third-order valence-corrected chi connectivity index (χ3v) is 6.43. The molecule has 2 amide bonds. The minimum atomic E-state index is -0.551. The van der Waals surface area contributed by atoms with Crippen molar-refractivity contribution in [2.75, 3.05) is 22.2 Å². The Kier molecular flexibility index (Phi) is 5.73. The number of hydrogen-bond acceptors (Lipinski definition) is 6. The fraction of sp³-hybridized carbons (Fsp3) is 0.115. The van der Waals surface area contributed by atoms with E-state index >= 15 is 0 Å². The first kappa shape index (κ1) is 21.7. The normalized spacial score (nSPS) is 14.8. The van der Waals surface area contributed by atoms with Crippen LogP contribution < -0.4 is 19.9 Å². The second kappa shape index (κ2) is 8.99. The Morgan fingerprint density at radius 1 is 1.03 bits per heavy atom. The molecular weight excluding hydrogens is 448 g/mol. The standard InChI is InChI=1S/C26H22N4O3S/c1-17(31)29(18-8-4-3-5-9-18)26-28-23(16-34-26)24-27-22-11-7-6-10-21(22)25(32)30(24)19-12-14-20(33-2)15-13-19/h3-16,24,27H,1-2H3. The van der Waals surface area contributed by atoms with Gasteiger partial charge in [0, 0.05) is 23.7 Å². The molecule has 2 heterocycles. The van der Waals surface area contributed by atoms with Crippen molar-refractivity contribution in [3.05, 3.63) is 95.5 Å². The Balaban J connectivity index is 1.57. The van der Waals surface area contributed by atoms with Gasteiger partial charge in [0.05, 0.1) is 24.1 Å². The maximum absolute atomic E-state index is 13.6. The molecule has 0 spiro atoms. The van der Waals surface area contributed by atoms with Gasteiger partial charge in [-0.15, -0.1) is 11.3 Å². The Bertz CT molecular complexity index is 1340. The van der Waals surface area contributed by atoms with Gasteiger partial charge in [0.2, 0.25) is 5.91 Å². The van der Waals surface area contributed by atoms with Crippen molar-refractivity contribution in [3.8, 4) is 5.75 Å². The number of nitrogens with zero attached hydrogens (tertiary/aromatic N) is 3. The minimum absolute atomic E-state index is 0.134. The molecule has 34 heavy (non-hydrogen) atoms. The van der Waals surface area contributed by atoms with E-state index in [1.165, 1.54) is 18.3 Å². The van der Waals surface area contributed by atoms with Crippen LogP contribution >= 0.6 is 11.3 Å². The molecule has 0 saturated heterocycles. The molecule has 7 nitrogen and oxygen atoms in total. The molecule has 1 aliphatic rings. The van der Waals surface area contributed by atoms with Crippen molar-refractivity contribution < 1.29 is 14.3 Å². The lowest BCUT2D eigenvalue weighted by molar-refractivity contribution is -0.115. The zero-order valence-electron chi connectivity index (χ0n) is 18.6. The molecule has 1 aliphatic heterocycles. The summed E-state index contributed by atoms with van der Waals surface area (Å²) in [5.41, 5.74) is 3.41. The number of methoxy groups -OCH3 is 1. The maximum atomic E-state index is 13.6. The van der Waals surface area contributed by atoms with E-state index in [0.29, 0.717) is 27.8 Å². The van der Waals surface area contributed by atoms with Crippen molar-refractivity contribution in [1.82, 2.24) is 4.98 Å². The summed E-state index contributed by atoms with van der Waals surface area (Å²) in [6, 6.07) is 24.1. The van der Waals surface area contributed by atoms with Crippen molar-refractivity contribution in [1.29, 1.82) is 0 Å². The van der Waals surface area contributed by atoms with Crippen molar-refractivity contribution in [3.63, 3.8) is 0 Å². The number of para-hydroxylation sites is 2. The van der Waals surface area contributed by atoms with Gasteiger partial charge < -0.3 is 10.1 Å². The quantitative estimate of drug-likeness (QED) is 0.411. The van der Waals surface area contributed by atoms with E-state index in [0.717, 1.165) is 11.4 Å². The van der Waals surface area contributed by atoms with Crippen molar-refractivity contribution >= 4 is 45.3 Å². The highest BCUT2D eigenvalue weighted by molar-refractivity contribution is 7.14. The predicted molar refractivity (Wildman–Crippen MR) is 134 cm³/mol. The zero-order valence-corrected chi connectivity index (χ0v) is 19.5. The summed E-state index contributed by atoms with van der Waals surface area (Å²) in [5.74, 6) is 0.428. The molecule has 170 valence electrons. The van der Waals surface area contributed by atoms with E-state index in [1.54, 1.807) is 23.0 Å². The lowest BCUT2D eigenvalue weighted by Crippen LogP contribution is -2.43. The van der Waals surface area contributed by atoms with Gasteiger partial charge in [0.25, 0.3) is 5.91 Å². The van der Waals surface area contributed by atoms with E-state index in [2.05, 4.69) is 5.32 Å². The lowest BCUT2D eigenvalue weighted by Gasteiger charge is -2.37. The SMILES string of the molecule is COc1ccc(N2C(=O)c3ccccc3NC2c2csc(N(C(C)=O)c3ccccc3)n2)cc1. The van der Waals surface area contributed by atoms with Crippen LogP contribution in [0.1, 0.15) is 29.1 Å². The summed E-state index contributed by atoms with van der Waals surface area (Å²) in [4.78, 5) is 34.1. The van der Waals surface area contributed by atoms with Crippen LogP contribution in [0.4, 0.5) is 22.2 Å². The fourth-order valence-electron chi connectivity index (χ4n) is 3.98. The number of carbonyl (C=O) groups is 2. The molecule has 8 heteroatoms. The molecule has 4 aromatic rings. The topological polar surface area (TPSA) is 74.8 Å². The number of anilines is 4. The molecule has 1 atom stereocenters. The van der Waals surface area contributed by atoms with Gasteiger partial charge in [-0.1, -0.05) is 30.3 Å². The molecule has 5 rings (SSSR count). The number of fused-ring (bicyclic) bond motifs is 1. The summed E-state index contributed by atoms with van der Waals surface area (Å²) in [5, 5.41) is 5.87. The average Bonchev–Trinajstić information content (AvgIpc) is 3.34. The molecule has 0 bridgehead atoms. The van der Waals surface area contributed by atoms with Crippen LogP contribution in [-0.4, -0.2) is 23.9 Å². The molecule has 0 fully saturated rings. The molecule has 1 N–H and O–H groups in total. The maximum Gasteiger partial charge on any atom is 0.262 e.